The first-order valence-electron chi connectivity index (χ1n) is 10.0. The summed E-state index contributed by atoms with van der Waals surface area (Å²) in [5, 5.41) is 10.1. The predicted molar refractivity (Wildman–Crippen MR) is 118 cm³/mol. The highest BCUT2D eigenvalue weighted by molar-refractivity contribution is 5.88. The summed E-state index contributed by atoms with van der Waals surface area (Å²) in [4.78, 5) is 28.3. The summed E-state index contributed by atoms with van der Waals surface area (Å²) in [5.74, 6) is -1.01. The zero-order valence-corrected chi connectivity index (χ0v) is 17.3. The molecule has 7 nitrogen and oxygen atoms in total. The van der Waals surface area contributed by atoms with Crippen molar-refractivity contribution in [1.29, 1.82) is 0 Å². The summed E-state index contributed by atoms with van der Waals surface area (Å²) in [6, 6.07) is 13.7. The highest BCUT2D eigenvalue weighted by atomic mass is 19.1. The molecule has 32 heavy (non-hydrogen) atoms. The Hall–Kier alpha value is -4.20. The van der Waals surface area contributed by atoms with E-state index in [1.54, 1.807) is 18.3 Å². The van der Waals surface area contributed by atoms with Crippen LogP contribution in [-0.2, 0) is 0 Å². The monoisotopic (exact) mass is 427 g/mol. The van der Waals surface area contributed by atoms with Crippen molar-refractivity contribution in [3.8, 4) is 11.3 Å². The molecule has 0 spiro atoms. The number of aryl methyl sites for hydroxylation is 1. The average Bonchev–Trinajstić information content (AvgIpc) is 3.14. The minimum atomic E-state index is -1.01. The van der Waals surface area contributed by atoms with E-state index in [1.165, 1.54) is 22.9 Å². The predicted octanol–water partition coefficient (Wildman–Crippen LogP) is 4.80. The van der Waals surface area contributed by atoms with Gasteiger partial charge in [0.1, 0.15) is 0 Å². The maximum absolute atomic E-state index is 15.0. The van der Waals surface area contributed by atoms with Crippen LogP contribution in [0, 0.1) is 13.0 Å². The number of imidazole rings is 1. The van der Waals surface area contributed by atoms with Crippen molar-refractivity contribution in [2.75, 3.05) is 0 Å². The summed E-state index contributed by atoms with van der Waals surface area (Å²) < 4.78 is 16.4. The van der Waals surface area contributed by atoms with Gasteiger partial charge in [0.2, 0.25) is 0 Å². The van der Waals surface area contributed by atoms with Gasteiger partial charge in [-0.15, -0.1) is 0 Å². The zero-order valence-electron chi connectivity index (χ0n) is 17.3. The number of aromatic nitrogens is 5. The molecule has 0 fully saturated rings. The molecule has 0 aliphatic heterocycles. The van der Waals surface area contributed by atoms with Crippen molar-refractivity contribution in [3.63, 3.8) is 0 Å². The number of carboxylic acids is 1. The molecular formula is C24H18FN5O2. The molecule has 0 aliphatic carbocycles. The first-order valence-corrected chi connectivity index (χ1v) is 10.0. The first-order chi connectivity index (χ1) is 15.4. The fourth-order valence-corrected chi connectivity index (χ4v) is 4.02. The Bertz CT molecular complexity index is 1490. The summed E-state index contributed by atoms with van der Waals surface area (Å²) >= 11 is 0. The second-order valence-corrected chi connectivity index (χ2v) is 7.56. The quantitative estimate of drug-likeness (QED) is 0.443. The number of halogens is 1. The van der Waals surface area contributed by atoms with Crippen LogP contribution in [0.5, 0.6) is 0 Å². The Labute approximate surface area is 182 Å². The van der Waals surface area contributed by atoms with E-state index in [1.807, 2.05) is 38.1 Å². The van der Waals surface area contributed by atoms with Gasteiger partial charge in [-0.05, 0) is 49.2 Å². The second-order valence-electron chi connectivity index (χ2n) is 7.56. The number of hydrogen-bond acceptors (Lipinski definition) is 5. The lowest BCUT2D eigenvalue weighted by atomic mass is 9.98. The van der Waals surface area contributed by atoms with Crippen molar-refractivity contribution < 1.29 is 14.3 Å². The molecule has 0 aliphatic rings. The molecule has 5 aromatic rings. The van der Waals surface area contributed by atoms with Gasteiger partial charge in [-0.1, -0.05) is 24.3 Å². The van der Waals surface area contributed by atoms with Crippen LogP contribution < -0.4 is 0 Å². The number of aromatic carboxylic acids is 1. The van der Waals surface area contributed by atoms with Crippen molar-refractivity contribution in [3.05, 3.63) is 83.7 Å². The largest absolute Gasteiger partial charge is 0.478 e. The number of carbonyl (C=O) groups is 1. The van der Waals surface area contributed by atoms with Crippen molar-refractivity contribution in [2.45, 2.75) is 19.9 Å². The molecule has 8 heteroatoms. The third kappa shape index (κ3) is 3.17. The lowest BCUT2D eigenvalue weighted by Gasteiger charge is -2.18. The number of fused-ring (bicyclic) bond motifs is 2. The summed E-state index contributed by atoms with van der Waals surface area (Å²) in [7, 11) is 0. The van der Waals surface area contributed by atoms with Gasteiger partial charge in [-0.2, -0.15) is 9.37 Å². The van der Waals surface area contributed by atoms with Crippen LogP contribution in [0.15, 0.2) is 60.9 Å². The smallest absolute Gasteiger partial charge is 0.335 e. The van der Waals surface area contributed by atoms with E-state index in [0.29, 0.717) is 16.9 Å². The van der Waals surface area contributed by atoms with E-state index in [0.717, 1.165) is 22.0 Å². The summed E-state index contributed by atoms with van der Waals surface area (Å²) in [6.45, 7) is 3.89. The number of benzene rings is 2. The Balaban J connectivity index is 1.62. The van der Waals surface area contributed by atoms with Gasteiger partial charge < -0.3 is 5.11 Å². The topological polar surface area (TPSA) is 93.8 Å². The van der Waals surface area contributed by atoms with E-state index < -0.39 is 12.0 Å². The number of pyridine rings is 1. The normalized spacial score (nSPS) is 12.3. The Morgan fingerprint density at radius 2 is 1.84 bits per heavy atom. The molecule has 0 saturated heterocycles. The SMILES string of the molecule is Cc1c(C(C)n2c(F)nc3ncc(-c4ccc(C(=O)O)cc4)nc32)ccc2ncccc12. The minimum Gasteiger partial charge on any atom is -0.478 e. The number of carboxylic acid groups (broad SMARTS) is 1. The molecule has 2 aromatic carbocycles. The van der Waals surface area contributed by atoms with Crippen molar-refractivity contribution >= 4 is 28.2 Å². The number of rotatable bonds is 4. The molecule has 3 heterocycles. The number of nitrogens with zero attached hydrogens (tertiary/aromatic N) is 5. The fourth-order valence-electron chi connectivity index (χ4n) is 4.02. The van der Waals surface area contributed by atoms with Gasteiger partial charge in [0, 0.05) is 17.1 Å². The molecule has 0 amide bonds. The molecule has 0 radical (unpaired) electrons. The maximum atomic E-state index is 15.0. The summed E-state index contributed by atoms with van der Waals surface area (Å²) in [5.41, 5.74) is 4.71. The lowest BCUT2D eigenvalue weighted by molar-refractivity contribution is 0.0697. The molecule has 1 N–H and O–H groups in total. The van der Waals surface area contributed by atoms with Gasteiger partial charge in [0.25, 0.3) is 6.08 Å². The van der Waals surface area contributed by atoms with Crippen LogP contribution in [0.2, 0.25) is 0 Å². The van der Waals surface area contributed by atoms with Gasteiger partial charge in [-0.25, -0.2) is 14.8 Å². The highest BCUT2D eigenvalue weighted by Gasteiger charge is 2.22. The molecule has 0 bridgehead atoms. The third-order valence-electron chi connectivity index (χ3n) is 5.72. The Morgan fingerprint density at radius 1 is 1.06 bits per heavy atom. The highest BCUT2D eigenvalue weighted by Crippen LogP contribution is 2.30. The van der Waals surface area contributed by atoms with Crippen molar-refractivity contribution in [1.82, 2.24) is 24.5 Å². The third-order valence-corrected chi connectivity index (χ3v) is 5.72. The first kappa shape index (κ1) is 19.7. The molecule has 0 saturated carbocycles. The van der Waals surface area contributed by atoms with Gasteiger partial charge in [-0.3, -0.25) is 9.55 Å². The van der Waals surface area contributed by atoms with Crippen LogP contribution in [0.1, 0.15) is 34.5 Å². The molecular weight excluding hydrogens is 409 g/mol. The zero-order chi connectivity index (χ0) is 22.4. The minimum absolute atomic E-state index is 0.175. The Morgan fingerprint density at radius 3 is 2.59 bits per heavy atom. The van der Waals surface area contributed by atoms with Crippen LogP contribution in [0.3, 0.4) is 0 Å². The molecule has 3 aromatic heterocycles. The Kier molecular flexibility index (Phi) is 4.62. The lowest BCUT2D eigenvalue weighted by Crippen LogP contribution is -2.12. The van der Waals surface area contributed by atoms with Gasteiger partial charge >= 0.3 is 5.97 Å². The van der Waals surface area contributed by atoms with Crippen molar-refractivity contribution in [2.24, 2.45) is 0 Å². The van der Waals surface area contributed by atoms with E-state index in [-0.39, 0.29) is 17.3 Å². The fraction of sp³-hybridized carbons (Fsp3) is 0.125. The van der Waals surface area contributed by atoms with Crippen LogP contribution in [0.4, 0.5) is 4.39 Å². The van der Waals surface area contributed by atoms with Crippen LogP contribution in [-0.4, -0.2) is 35.6 Å². The number of hydrogen-bond donors (Lipinski definition) is 1. The van der Waals surface area contributed by atoms with Gasteiger partial charge in [0.05, 0.1) is 29.0 Å². The van der Waals surface area contributed by atoms with E-state index in [4.69, 9.17) is 5.11 Å². The summed E-state index contributed by atoms with van der Waals surface area (Å²) in [6.07, 6.45) is 2.58. The molecule has 158 valence electrons. The molecule has 5 rings (SSSR count). The second kappa shape index (κ2) is 7.49. The van der Waals surface area contributed by atoms with E-state index >= 15 is 0 Å². The van der Waals surface area contributed by atoms with Crippen LogP contribution >= 0.6 is 0 Å². The average molecular weight is 427 g/mol. The maximum Gasteiger partial charge on any atom is 0.335 e. The van der Waals surface area contributed by atoms with E-state index in [2.05, 4.69) is 19.9 Å². The van der Waals surface area contributed by atoms with Gasteiger partial charge in [0.15, 0.2) is 11.3 Å². The van der Waals surface area contributed by atoms with Crippen LogP contribution in [0.25, 0.3) is 33.5 Å². The molecule has 1 atom stereocenters. The standard InChI is InChI=1S/C24H18FN5O2/c1-13-17(9-10-19-18(13)4-3-11-26-19)14(2)30-22-21(29-24(30)25)27-12-20(28-22)15-5-7-16(8-6-15)23(31)32/h3-12,14H,1-2H3,(H,31,32). The van der Waals surface area contributed by atoms with E-state index in [9.17, 15) is 9.18 Å². The molecule has 1 unspecified atom stereocenters.